The number of thiophene rings is 1. The van der Waals surface area contributed by atoms with E-state index in [1.807, 2.05) is 29.6 Å². The molecular formula is C20H15ClN4O3S. The number of benzene rings is 1. The molecule has 4 aromatic rings. The van der Waals surface area contributed by atoms with Crippen molar-refractivity contribution in [1.29, 1.82) is 0 Å². The third-order valence-corrected chi connectivity index (χ3v) is 5.70. The average molecular weight is 427 g/mol. The number of carbonyl (C=O) groups excluding carboxylic acids is 1. The molecule has 4 heterocycles. The van der Waals surface area contributed by atoms with Crippen molar-refractivity contribution >= 4 is 39.9 Å². The lowest BCUT2D eigenvalue weighted by atomic mass is 10.2. The molecule has 1 aliphatic heterocycles. The fourth-order valence-electron chi connectivity index (χ4n) is 2.93. The van der Waals surface area contributed by atoms with Gasteiger partial charge in [0.2, 0.25) is 0 Å². The zero-order valence-corrected chi connectivity index (χ0v) is 16.6. The summed E-state index contributed by atoms with van der Waals surface area (Å²) in [7, 11) is 0. The van der Waals surface area contributed by atoms with E-state index < -0.39 is 0 Å². The summed E-state index contributed by atoms with van der Waals surface area (Å²) in [6.45, 7) is 1.13. The van der Waals surface area contributed by atoms with Crippen LogP contribution in [0.4, 0.5) is 0 Å². The van der Waals surface area contributed by atoms with Gasteiger partial charge in [0.15, 0.2) is 5.65 Å². The van der Waals surface area contributed by atoms with Gasteiger partial charge in [-0.2, -0.15) is 5.10 Å². The number of halogens is 1. The molecule has 5 rings (SSSR count). The molecule has 29 heavy (non-hydrogen) atoms. The van der Waals surface area contributed by atoms with Crippen molar-refractivity contribution in [2.75, 3.05) is 13.2 Å². The molecule has 0 spiro atoms. The third-order valence-electron chi connectivity index (χ3n) is 4.47. The van der Waals surface area contributed by atoms with Gasteiger partial charge in [-0.05, 0) is 24.3 Å². The van der Waals surface area contributed by atoms with E-state index in [0.29, 0.717) is 40.3 Å². The molecule has 1 aliphatic rings. The van der Waals surface area contributed by atoms with Gasteiger partial charge in [0.05, 0.1) is 47.2 Å². The Morgan fingerprint density at radius 3 is 2.93 bits per heavy atom. The highest BCUT2D eigenvalue weighted by Gasteiger charge is 2.22. The van der Waals surface area contributed by atoms with Gasteiger partial charge >= 0.3 is 0 Å². The molecule has 9 heteroatoms. The zero-order valence-electron chi connectivity index (χ0n) is 15.0. The summed E-state index contributed by atoms with van der Waals surface area (Å²) >= 11 is 7.52. The number of rotatable bonds is 5. The van der Waals surface area contributed by atoms with Crippen LogP contribution in [0.15, 0.2) is 54.2 Å². The van der Waals surface area contributed by atoms with E-state index in [1.54, 1.807) is 29.2 Å². The third kappa shape index (κ3) is 3.57. The minimum atomic E-state index is -0.102. The van der Waals surface area contributed by atoms with Gasteiger partial charge in [0, 0.05) is 10.8 Å². The number of pyridine rings is 1. The lowest BCUT2D eigenvalue weighted by molar-refractivity contribution is -0.00338. The number of para-hydroxylation sites is 1. The van der Waals surface area contributed by atoms with E-state index in [1.165, 1.54) is 11.3 Å². The smallest absolute Gasteiger partial charge is 0.261 e. The van der Waals surface area contributed by atoms with Gasteiger partial charge in [0.25, 0.3) is 5.91 Å². The van der Waals surface area contributed by atoms with Crippen LogP contribution in [0.3, 0.4) is 0 Å². The van der Waals surface area contributed by atoms with Crippen LogP contribution in [-0.2, 0) is 4.74 Å². The summed E-state index contributed by atoms with van der Waals surface area (Å²) in [6, 6.07) is 11.0. The first-order valence-electron chi connectivity index (χ1n) is 8.91. The molecule has 1 saturated heterocycles. The molecule has 1 amide bonds. The number of fused-ring (bicyclic) bond motifs is 1. The molecule has 7 nitrogen and oxygen atoms in total. The van der Waals surface area contributed by atoms with Crippen LogP contribution in [0.25, 0.3) is 16.7 Å². The minimum absolute atomic E-state index is 0.0942. The van der Waals surface area contributed by atoms with Crippen LogP contribution in [0, 0.1) is 0 Å². The Bertz CT molecular complexity index is 1200. The van der Waals surface area contributed by atoms with Crippen molar-refractivity contribution in [3.63, 3.8) is 0 Å². The molecule has 0 atom stereocenters. The Labute approximate surface area is 174 Å². The van der Waals surface area contributed by atoms with E-state index in [9.17, 15) is 4.79 Å². The first-order valence-corrected chi connectivity index (χ1v) is 10.2. The molecule has 0 saturated carbocycles. The summed E-state index contributed by atoms with van der Waals surface area (Å²) in [6.07, 6.45) is 3.34. The van der Waals surface area contributed by atoms with E-state index in [4.69, 9.17) is 21.1 Å². The summed E-state index contributed by atoms with van der Waals surface area (Å²) in [5.74, 6) is 1.03. The highest BCUT2D eigenvalue weighted by atomic mass is 35.5. The van der Waals surface area contributed by atoms with E-state index in [0.717, 1.165) is 11.1 Å². The number of hydrogen-bond donors (Lipinski definition) is 1. The Kier molecular flexibility index (Phi) is 4.67. The highest BCUT2D eigenvalue weighted by Crippen LogP contribution is 2.30. The standard InChI is InChI=1S/C20H15ClN4O3S/c21-16-3-1-2-4-17(16)28-15-5-12-7-23-25(19(12)22-8-15)14-6-18(29-11-14)20(26)24-13-9-27-10-13/h1-8,11,13H,9-10H2,(H,24,26). The van der Waals surface area contributed by atoms with Crippen LogP contribution in [-0.4, -0.2) is 39.9 Å². The van der Waals surface area contributed by atoms with Crippen LogP contribution in [0.2, 0.25) is 5.02 Å². The second-order valence-corrected chi connectivity index (χ2v) is 7.87. The summed E-state index contributed by atoms with van der Waals surface area (Å²) in [5, 5.41) is 10.6. The maximum atomic E-state index is 12.3. The second kappa shape index (κ2) is 7.47. The SMILES string of the molecule is O=C(NC1COC1)c1cc(-n2ncc3cc(Oc4ccccc4Cl)cnc32)cs1. The van der Waals surface area contributed by atoms with Crippen molar-refractivity contribution < 1.29 is 14.3 Å². The van der Waals surface area contributed by atoms with Crippen LogP contribution in [0.5, 0.6) is 11.5 Å². The normalized spacial score (nSPS) is 14.0. The van der Waals surface area contributed by atoms with Crippen molar-refractivity contribution in [2.24, 2.45) is 0 Å². The van der Waals surface area contributed by atoms with Crippen molar-refractivity contribution in [3.05, 3.63) is 64.1 Å². The lowest BCUT2D eigenvalue weighted by Crippen LogP contribution is -2.48. The summed E-state index contributed by atoms with van der Waals surface area (Å²) in [4.78, 5) is 17.4. The predicted molar refractivity (Wildman–Crippen MR) is 110 cm³/mol. The van der Waals surface area contributed by atoms with Crippen LogP contribution >= 0.6 is 22.9 Å². The molecule has 3 aromatic heterocycles. The van der Waals surface area contributed by atoms with Crippen molar-refractivity contribution in [2.45, 2.75) is 6.04 Å². The fourth-order valence-corrected chi connectivity index (χ4v) is 3.88. The van der Waals surface area contributed by atoms with E-state index >= 15 is 0 Å². The van der Waals surface area contributed by atoms with Crippen LogP contribution in [0.1, 0.15) is 9.67 Å². The lowest BCUT2D eigenvalue weighted by Gasteiger charge is -2.26. The second-order valence-electron chi connectivity index (χ2n) is 6.55. The summed E-state index contributed by atoms with van der Waals surface area (Å²) < 4.78 is 12.6. The first-order chi connectivity index (χ1) is 14.2. The van der Waals surface area contributed by atoms with Crippen molar-refractivity contribution in [3.8, 4) is 17.2 Å². The summed E-state index contributed by atoms with van der Waals surface area (Å²) in [5.41, 5.74) is 1.46. The van der Waals surface area contributed by atoms with Crippen molar-refractivity contribution in [1.82, 2.24) is 20.1 Å². The minimum Gasteiger partial charge on any atom is -0.454 e. The fraction of sp³-hybridized carbons (Fsp3) is 0.150. The Hall–Kier alpha value is -2.94. The molecular weight excluding hydrogens is 412 g/mol. The van der Waals surface area contributed by atoms with Gasteiger partial charge in [-0.15, -0.1) is 11.3 Å². The first kappa shape index (κ1) is 18.1. The Morgan fingerprint density at radius 1 is 1.28 bits per heavy atom. The van der Waals surface area contributed by atoms with Crippen LogP contribution < -0.4 is 10.1 Å². The molecule has 146 valence electrons. The molecule has 0 aliphatic carbocycles. The molecule has 1 N–H and O–H groups in total. The Morgan fingerprint density at radius 2 is 2.14 bits per heavy atom. The van der Waals surface area contributed by atoms with Gasteiger partial charge < -0.3 is 14.8 Å². The van der Waals surface area contributed by atoms with Gasteiger partial charge in [-0.1, -0.05) is 23.7 Å². The number of carbonyl (C=O) groups is 1. The Balaban J connectivity index is 1.39. The zero-order chi connectivity index (χ0) is 19.8. The number of ether oxygens (including phenoxy) is 2. The molecule has 1 fully saturated rings. The molecule has 0 bridgehead atoms. The predicted octanol–water partition coefficient (Wildman–Crippen LogP) is 4.06. The van der Waals surface area contributed by atoms with Gasteiger partial charge in [0.1, 0.15) is 11.5 Å². The quantitative estimate of drug-likeness (QED) is 0.520. The average Bonchev–Trinajstić information content (AvgIpc) is 3.33. The number of nitrogens with zero attached hydrogens (tertiary/aromatic N) is 3. The number of amides is 1. The topological polar surface area (TPSA) is 78.3 Å². The number of nitrogens with one attached hydrogen (secondary N) is 1. The largest absolute Gasteiger partial charge is 0.454 e. The van der Waals surface area contributed by atoms with E-state index in [2.05, 4.69) is 15.4 Å². The number of aromatic nitrogens is 3. The number of hydrogen-bond acceptors (Lipinski definition) is 6. The van der Waals surface area contributed by atoms with Gasteiger partial charge in [-0.3, -0.25) is 4.79 Å². The molecule has 0 radical (unpaired) electrons. The maximum Gasteiger partial charge on any atom is 0.261 e. The van der Waals surface area contributed by atoms with Gasteiger partial charge in [-0.25, -0.2) is 9.67 Å². The molecule has 0 unspecified atom stereocenters. The van der Waals surface area contributed by atoms with E-state index in [-0.39, 0.29) is 11.9 Å². The highest BCUT2D eigenvalue weighted by molar-refractivity contribution is 7.12. The molecule has 1 aromatic carbocycles. The monoisotopic (exact) mass is 426 g/mol. The maximum absolute atomic E-state index is 12.3.